The van der Waals surface area contributed by atoms with Crippen molar-refractivity contribution in [2.24, 2.45) is 11.8 Å². The van der Waals surface area contributed by atoms with E-state index in [1.807, 2.05) is 0 Å². The van der Waals surface area contributed by atoms with Crippen LogP contribution in [-0.2, 0) is 4.79 Å². The molecule has 0 radical (unpaired) electrons. The smallest absolute Gasteiger partial charge is 0.227 e. The van der Waals surface area contributed by atoms with Crippen LogP contribution in [0.25, 0.3) is 0 Å². The Labute approximate surface area is 112 Å². The second-order valence-electron chi connectivity index (χ2n) is 4.44. The zero-order chi connectivity index (χ0) is 13.3. The topological polar surface area (TPSA) is 41.1 Å². The number of amides is 1. The first kappa shape index (κ1) is 13.4. The summed E-state index contributed by atoms with van der Waals surface area (Å²) in [5, 5.41) is 5.49. The van der Waals surface area contributed by atoms with Gasteiger partial charge in [-0.3, -0.25) is 4.79 Å². The molecule has 1 aliphatic heterocycles. The third kappa shape index (κ3) is 2.70. The number of carbonyl (C=O) groups is 1. The van der Waals surface area contributed by atoms with E-state index >= 15 is 0 Å². The summed E-state index contributed by atoms with van der Waals surface area (Å²) in [6.07, 6.45) is 0. The minimum atomic E-state index is -0.657. The highest BCUT2D eigenvalue weighted by Gasteiger charge is 2.29. The Hall–Kier alpha value is -1.01. The summed E-state index contributed by atoms with van der Waals surface area (Å²) < 4.78 is 26.8. The lowest BCUT2D eigenvalue weighted by Crippen LogP contribution is -2.48. The lowest BCUT2D eigenvalue weighted by molar-refractivity contribution is -0.121. The zero-order valence-electron chi connectivity index (χ0n) is 9.77. The second kappa shape index (κ2) is 5.32. The van der Waals surface area contributed by atoms with E-state index in [1.54, 1.807) is 6.92 Å². The van der Waals surface area contributed by atoms with E-state index in [0.29, 0.717) is 0 Å². The molecule has 2 N–H and O–H groups in total. The lowest BCUT2D eigenvalue weighted by Gasteiger charge is -2.31. The zero-order valence-corrected chi connectivity index (χ0v) is 11.4. The third-order valence-electron chi connectivity index (χ3n) is 3.20. The van der Waals surface area contributed by atoms with Gasteiger partial charge in [0.25, 0.3) is 0 Å². The van der Waals surface area contributed by atoms with Crippen molar-refractivity contribution >= 4 is 27.5 Å². The normalized spacial score (nSPS) is 17.1. The number of hydrogen-bond acceptors (Lipinski definition) is 2. The first-order chi connectivity index (χ1) is 8.49. The molecule has 0 aromatic heterocycles. The van der Waals surface area contributed by atoms with Crippen molar-refractivity contribution < 1.29 is 13.6 Å². The molecular formula is C12H13BrF2N2O. The lowest BCUT2D eigenvalue weighted by atomic mass is 9.88. The Morgan fingerprint density at radius 3 is 2.67 bits per heavy atom. The summed E-state index contributed by atoms with van der Waals surface area (Å²) in [5.41, 5.74) is -0.125. The van der Waals surface area contributed by atoms with Gasteiger partial charge in [0.15, 0.2) is 0 Å². The van der Waals surface area contributed by atoms with Gasteiger partial charge >= 0.3 is 0 Å². The maximum Gasteiger partial charge on any atom is 0.227 e. The van der Waals surface area contributed by atoms with Crippen LogP contribution in [0.4, 0.5) is 14.5 Å². The summed E-state index contributed by atoms with van der Waals surface area (Å²) in [6.45, 7) is 3.35. The second-order valence-corrected chi connectivity index (χ2v) is 5.30. The summed E-state index contributed by atoms with van der Waals surface area (Å²) in [6, 6.07) is 1.98. The number of halogens is 3. The predicted octanol–water partition coefficient (Wildman–Crippen LogP) is 2.52. The first-order valence-electron chi connectivity index (χ1n) is 5.65. The van der Waals surface area contributed by atoms with Gasteiger partial charge < -0.3 is 10.6 Å². The molecule has 1 unspecified atom stereocenters. The molecule has 1 amide bonds. The summed E-state index contributed by atoms with van der Waals surface area (Å²) in [7, 11) is 0. The molecule has 1 heterocycles. The van der Waals surface area contributed by atoms with E-state index in [1.165, 1.54) is 0 Å². The average Bonchev–Trinajstić information content (AvgIpc) is 2.23. The fourth-order valence-electron chi connectivity index (χ4n) is 1.74. The molecule has 1 aliphatic rings. The number of rotatable bonds is 3. The predicted molar refractivity (Wildman–Crippen MR) is 68.2 cm³/mol. The maximum atomic E-state index is 13.5. The number of carbonyl (C=O) groups excluding carboxylic acids is 1. The van der Waals surface area contributed by atoms with E-state index in [0.717, 1.165) is 25.2 Å². The summed E-state index contributed by atoms with van der Waals surface area (Å²) >= 11 is 2.88. The van der Waals surface area contributed by atoms with Crippen LogP contribution in [0.15, 0.2) is 16.6 Å². The van der Waals surface area contributed by atoms with Crippen molar-refractivity contribution in [2.75, 3.05) is 18.4 Å². The standard InChI is InChI=1S/C12H13BrF2N2O/c1-6(7-4-16-5-7)12(18)17-11-3-9(14)8(13)2-10(11)15/h2-3,6-7,16H,4-5H2,1H3,(H,17,18). The molecule has 98 valence electrons. The van der Waals surface area contributed by atoms with Crippen molar-refractivity contribution in [3.8, 4) is 0 Å². The van der Waals surface area contributed by atoms with Crippen LogP contribution in [0.3, 0.4) is 0 Å². The molecule has 2 rings (SSSR count). The fourth-order valence-corrected chi connectivity index (χ4v) is 2.06. The molecular weight excluding hydrogens is 306 g/mol. The monoisotopic (exact) mass is 318 g/mol. The Morgan fingerprint density at radius 2 is 2.11 bits per heavy atom. The molecule has 1 atom stereocenters. The largest absolute Gasteiger partial charge is 0.323 e. The molecule has 1 fully saturated rings. The maximum absolute atomic E-state index is 13.5. The summed E-state index contributed by atoms with van der Waals surface area (Å²) in [5.74, 6) is -1.52. The number of anilines is 1. The van der Waals surface area contributed by atoms with Gasteiger partial charge in [0.2, 0.25) is 5.91 Å². The average molecular weight is 319 g/mol. The number of hydrogen-bond donors (Lipinski definition) is 2. The van der Waals surface area contributed by atoms with Gasteiger partial charge in [-0.25, -0.2) is 8.78 Å². The van der Waals surface area contributed by atoms with E-state index in [-0.39, 0.29) is 27.9 Å². The highest BCUT2D eigenvalue weighted by molar-refractivity contribution is 9.10. The minimum absolute atomic E-state index is 0.0363. The minimum Gasteiger partial charge on any atom is -0.323 e. The number of benzene rings is 1. The van der Waals surface area contributed by atoms with Gasteiger partial charge in [0.1, 0.15) is 11.6 Å². The Morgan fingerprint density at radius 1 is 1.44 bits per heavy atom. The Balaban J connectivity index is 2.08. The highest BCUT2D eigenvalue weighted by atomic mass is 79.9. The molecule has 0 bridgehead atoms. The Bertz CT molecular complexity index is 477. The van der Waals surface area contributed by atoms with E-state index < -0.39 is 11.6 Å². The van der Waals surface area contributed by atoms with Crippen LogP contribution in [0.5, 0.6) is 0 Å². The van der Waals surface area contributed by atoms with Crippen LogP contribution >= 0.6 is 15.9 Å². The van der Waals surface area contributed by atoms with Crippen molar-refractivity contribution in [2.45, 2.75) is 6.92 Å². The van der Waals surface area contributed by atoms with E-state index in [2.05, 4.69) is 26.6 Å². The Kier molecular flexibility index (Phi) is 3.97. The van der Waals surface area contributed by atoms with Gasteiger partial charge in [0, 0.05) is 12.0 Å². The van der Waals surface area contributed by atoms with E-state index in [4.69, 9.17) is 0 Å². The quantitative estimate of drug-likeness (QED) is 0.841. The van der Waals surface area contributed by atoms with Gasteiger partial charge in [0.05, 0.1) is 10.2 Å². The molecule has 0 saturated carbocycles. The molecule has 0 spiro atoms. The molecule has 3 nitrogen and oxygen atoms in total. The SMILES string of the molecule is CC(C(=O)Nc1cc(F)c(Br)cc1F)C1CNC1. The van der Waals surface area contributed by atoms with Crippen molar-refractivity contribution in [3.05, 3.63) is 28.2 Å². The van der Waals surface area contributed by atoms with Crippen LogP contribution in [0.1, 0.15) is 6.92 Å². The third-order valence-corrected chi connectivity index (χ3v) is 3.81. The van der Waals surface area contributed by atoms with Crippen LogP contribution in [0.2, 0.25) is 0 Å². The van der Waals surface area contributed by atoms with Crippen molar-refractivity contribution in [1.82, 2.24) is 5.32 Å². The van der Waals surface area contributed by atoms with Crippen molar-refractivity contribution in [3.63, 3.8) is 0 Å². The molecule has 1 aromatic carbocycles. The van der Waals surface area contributed by atoms with Gasteiger partial charge in [-0.15, -0.1) is 0 Å². The molecule has 6 heteroatoms. The number of nitrogens with one attached hydrogen (secondary N) is 2. The van der Waals surface area contributed by atoms with Crippen LogP contribution < -0.4 is 10.6 Å². The van der Waals surface area contributed by atoms with E-state index in [9.17, 15) is 13.6 Å². The van der Waals surface area contributed by atoms with Gasteiger partial charge in [-0.05, 0) is 41.0 Å². The first-order valence-corrected chi connectivity index (χ1v) is 6.44. The highest BCUT2D eigenvalue weighted by Crippen LogP contribution is 2.25. The molecule has 0 aliphatic carbocycles. The molecule has 1 saturated heterocycles. The van der Waals surface area contributed by atoms with Crippen LogP contribution in [0, 0.1) is 23.5 Å². The van der Waals surface area contributed by atoms with Gasteiger partial charge in [-0.2, -0.15) is 0 Å². The van der Waals surface area contributed by atoms with Crippen LogP contribution in [-0.4, -0.2) is 19.0 Å². The van der Waals surface area contributed by atoms with Gasteiger partial charge in [-0.1, -0.05) is 6.92 Å². The summed E-state index contributed by atoms with van der Waals surface area (Å²) in [4.78, 5) is 11.9. The van der Waals surface area contributed by atoms with Crippen molar-refractivity contribution in [1.29, 1.82) is 0 Å². The molecule has 18 heavy (non-hydrogen) atoms. The molecule has 1 aromatic rings. The fraction of sp³-hybridized carbons (Fsp3) is 0.417.